The van der Waals surface area contributed by atoms with Gasteiger partial charge in [0.05, 0.1) is 7.11 Å². The molecule has 0 atom stereocenters. The van der Waals surface area contributed by atoms with E-state index in [1.54, 1.807) is 19.4 Å². The van der Waals surface area contributed by atoms with Crippen molar-refractivity contribution in [2.75, 3.05) is 7.11 Å². The van der Waals surface area contributed by atoms with E-state index < -0.39 is 0 Å². The molecule has 0 fully saturated rings. The lowest BCUT2D eigenvalue weighted by atomic mass is 10.0. The fourth-order valence-electron chi connectivity index (χ4n) is 2.41. The molecule has 0 aliphatic rings. The van der Waals surface area contributed by atoms with Gasteiger partial charge < -0.3 is 4.74 Å². The predicted molar refractivity (Wildman–Crippen MR) is 86.7 cm³/mol. The molecule has 0 spiro atoms. The van der Waals surface area contributed by atoms with Crippen LogP contribution in [0.1, 0.15) is 70.3 Å². The van der Waals surface area contributed by atoms with Crippen molar-refractivity contribution in [1.29, 1.82) is 0 Å². The molecule has 1 aromatic heterocycles. The number of methoxy groups -OCH3 is 1. The van der Waals surface area contributed by atoms with Gasteiger partial charge in [-0.3, -0.25) is 4.79 Å². The van der Waals surface area contributed by atoms with Gasteiger partial charge in [0.2, 0.25) is 5.88 Å². The van der Waals surface area contributed by atoms with Crippen molar-refractivity contribution in [3.8, 4) is 5.88 Å². The van der Waals surface area contributed by atoms with E-state index in [2.05, 4.69) is 11.9 Å². The highest BCUT2D eigenvalue weighted by Crippen LogP contribution is 2.12. The first-order valence-electron chi connectivity index (χ1n) is 8.27. The van der Waals surface area contributed by atoms with E-state index in [9.17, 15) is 4.79 Å². The molecule has 0 saturated carbocycles. The monoisotopic (exact) mass is 291 g/mol. The van der Waals surface area contributed by atoms with Crippen LogP contribution in [0.5, 0.6) is 5.88 Å². The third kappa shape index (κ3) is 8.49. The Morgan fingerprint density at radius 2 is 1.71 bits per heavy atom. The van der Waals surface area contributed by atoms with E-state index in [0.717, 1.165) is 12.0 Å². The zero-order valence-corrected chi connectivity index (χ0v) is 13.6. The van der Waals surface area contributed by atoms with E-state index in [-0.39, 0.29) is 0 Å². The predicted octanol–water partition coefficient (Wildman–Crippen LogP) is 4.73. The number of ether oxygens (including phenoxy) is 1. The summed E-state index contributed by atoms with van der Waals surface area (Å²) in [5, 5.41) is 0. The highest BCUT2D eigenvalue weighted by Gasteiger charge is 2.04. The molecule has 0 aliphatic carbocycles. The number of ketones is 1. The van der Waals surface area contributed by atoms with E-state index in [4.69, 9.17) is 4.74 Å². The molecule has 3 heteroatoms. The molecule has 118 valence electrons. The highest BCUT2D eigenvalue weighted by molar-refractivity contribution is 5.80. The van der Waals surface area contributed by atoms with Gasteiger partial charge in [0.15, 0.2) is 0 Å². The molecular formula is C18H29NO2. The number of rotatable bonds is 12. The number of hydrogen-bond acceptors (Lipinski definition) is 3. The van der Waals surface area contributed by atoms with Crippen LogP contribution in [0.25, 0.3) is 0 Å². The van der Waals surface area contributed by atoms with Crippen LogP contribution in [0.4, 0.5) is 0 Å². The number of hydrogen-bond donors (Lipinski definition) is 0. The van der Waals surface area contributed by atoms with Gasteiger partial charge >= 0.3 is 0 Å². The van der Waals surface area contributed by atoms with Gasteiger partial charge in [0.25, 0.3) is 0 Å². The molecule has 1 aromatic rings. The third-order valence-corrected chi connectivity index (χ3v) is 3.72. The Morgan fingerprint density at radius 1 is 1.05 bits per heavy atom. The second-order valence-electron chi connectivity index (χ2n) is 5.65. The van der Waals surface area contributed by atoms with Gasteiger partial charge in [-0.25, -0.2) is 4.98 Å². The van der Waals surface area contributed by atoms with Gasteiger partial charge in [-0.2, -0.15) is 0 Å². The van der Waals surface area contributed by atoms with Gasteiger partial charge in [-0.15, -0.1) is 0 Å². The van der Waals surface area contributed by atoms with E-state index in [1.165, 1.54) is 44.9 Å². The summed E-state index contributed by atoms with van der Waals surface area (Å²) in [6.07, 6.45) is 13.1. The summed E-state index contributed by atoms with van der Waals surface area (Å²) in [6.45, 7) is 2.24. The zero-order valence-electron chi connectivity index (χ0n) is 13.6. The van der Waals surface area contributed by atoms with Gasteiger partial charge in [0, 0.05) is 25.1 Å². The molecule has 21 heavy (non-hydrogen) atoms. The maximum absolute atomic E-state index is 11.9. The Balaban J connectivity index is 2.05. The standard InChI is InChI=1S/C18H29NO2/c1-3-4-5-6-7-8-9-10-11-17(20)14-16-12-13-18(21-2)19-15-16/h12-13,15H,3-11,14H2,1-2H3. The summed E-state index contributed by atoms with van der Waals surface area (Å²) in [5.74, 6) is 0.905. The van der Waals surface area contributed by atoms with Crippen molar-refractivity contribution in [2.45, 2.75) is 71.1 Å². The number of Topliss-reactive ketones (excluding diaryl/α,β-unsaturated/α-hetero) is 1. The van der Waals surface area contributed by atoms with Crippen LogP contribution >= 0.6 is 0 Å². The van der Waals surface area contributed by atoms with Crippen LogP contribution in [0, 0.1) is 0 Å². The van der Waals surface area contributed by atoms with Crippen LogP contribution < -0.4 is 4.74 Å². The first-order valence-corrected chi connectivity index (χ1v) is 8.27. The summed E-state index contributed by atoms with van der Waals surface area (Å²) in [5.41, 5.74) is 0.973. The molecule has 3 nitrogen and oxygen atoms in total. The van der Waals surface area contributed by atoms with E-state index in [0.29, 0.717) is 24.5 Å². The summed E-state index contributed by atoms with van der Waals surface area (Å²) in [7, 11) is 1.59. The largest absolute Gasteiger partial charge is 0.481 e. The normalized spacial score (nSPS) is 10.6. The van der Waals surface area contributed by atoms with Crippen molar-refractivity contribution in [3.63, 3.8) is 0 Å². The first kappa shape index (κ1) is 17.7. The number of aromatic nitrogens is 1. The maximum Gasteiger partial charge on any atom is 0.212 e. The second kappa shape index (κ2) is 11.3. The number of nitrogens with zero attached hydrogens (tertiary/aromatic N) is 1. The Morgan fingerprint density at radius 3 is 2.29 bits per heavy atom. The minimum absolute atomic E-state index is 0.313. The van der Waals surface area contributed by atoms with Crippen LogP contribution in [0.2, 0.25) is 0 Å². The van der Waals surface area contributed by atoms with Crippen molar-refractivity contribution in [2.24, 2.45) is 0 Å². The fraction of sp³-hybridized carbons (Fsp3) is 0.667. The lowest BCUT2D eigenvalue weighted by Gasteiger charge is -2.03. The molecule has 1 heterocycles. The fourth-order valence-corrected chi connectivity index (χ4v) is 2.41. The van der Waals surface area contributed by atoms with E-state index in [1.807, 2.05) is 6.07 Å². The number of pyridine rings is 1. The number of unbranched alkanes of at least 4 members (excludes halogenated alkanes) is 7. The van der Waals surface area contributed by atoms with Crippen LogP contribution in [-0.2, 0) is 11.2 Å². The van der Waals surface area contributed by atoms with Crippen molar-refractivity contribution >= 4 is 5.78 Å². The van der Waals surface area contributed by atoms with Gasteiger partial charge in [0.1, 0.15) is 5.78 Å². The molecule has 1 rings (SSSR count). The maximum atomic E-state index is 11.9. The highest BCUT2D eigenvalue weighted by atomic mass is 16.5. The van der Waals surface area contributed by atoms with E-state index >= 15 is 0 Å². The molecule has 0 aromatic carbocycles. The number of carbonyl (C=O) groups excluding carboxylic acids is 1. The molecule has 0 amide bonds. The molecule has 0 aliphatic heterocycles. The Hall–Kier alpha value is -1.38. The summed E-state index contributed by atoms with van der Waals surface area (Å²) >= 11 is 0. The summed E-state index contributed by atoms with van der Waals surface area (Å²) < 4.78 is 5.00. The van der Waals surface area contributed by atoms with Crippen molar-refractivity contribution in [3.05, 3.63) is 23.9 Å². The molecular weight excluding hydrogens is 262 g/mol. The van der Waals surface area contributed by atoms with Crippen LogP contribution in [-0.4, -0.2) is 17.9 Å². The van der Waals surface area contributed by atoms with Crippen molar-refractivity contribution in [1.82, 2.24) is 4.98 Å². The van der Waals surface area contributed by atoms with Crippen molar-refractivity contribution < 1.29 is 9.53 Å². The molecule has 0 radical (unpaired) electrons. The van der Waals surface area contributed by atoms with Gasteiger partial charge in [-0.1, -0.05) is 57.9 Å². The average molecular weight is 291 g/mol. The number of carbonyl (C=O) groups is 1. The smallest absolute Gasteiger partial charge is 0.212 e. The third-order valence-electron chi connectivity index (χ3n) is 3.72. The van der Waals surface area contributed by atoms with Crippen LogP contribution in [0.3, 0.4) is 0 Å². The summed E-state index contributed by atoms with van der Waals surface area (Å²) in [4.78, 5) is 16.0. The minimum Gasteiger partial charge on any atom is -0.481 e. The molecule has 0 N–H and O–H groups in total. The lowest BCUT2D eigenvalue weighted by molar-refractivity contribution is -0.118. The lowest BCUT2D eigenvalue weighted by Crippen LogP contribution is -2.03. The minimum atomic E-state index is 0.313. The molecule has 0 saturated heterocycles. The Labute approximate surface area is 129 Å². The summed E-state index contributed by atoms with van der Waals surface area (Å²) in [6, 6.07) is 3.72. The SMILES string of the molecule is CCCCCCCCCCC(=O)Cc1ccc(OC)nc1. The Kier molecular flexibility index (Phi) is 9.51. The second-order valence-corrected chi connectivity index (χ2v) is 5.65. The molecule has 0 unspecified atom stereocenters. The quantitative estimate of drug-likeness (QED) is 0.522. The first-order chi connectivity index (χ1) is 10.3. The van der Waals surface area contributed by atoms with Gasteiger partial charge in [-0.05, 0) is 12.0 Å². The average Bonchev–Trinajstić information content (AvgIpc) is 2.50. The zero-order chi connectivity index (χ0) is 15.3. The molecule has 0 bridgehead atoms. The topological polar surface area (TPSA) is 39.2 Å². The van der Waals surface area contributed by atoms with Crippen LogP contribution in [0.15, 0.2) is 18.3 Å². The Bertz CT molecular complexity index is 387.